The van der Waals surface area contributed by atoms with Crippen LogP contribution < -0.4 is 4.74 Å². The molecule has 0 bridgehead atoms. The third-order valence-electron chi connectivity index (χ3n) is 3.40. The van der Waals surface area contributed by atoms with Gasteiger partial charge in [-0.2, -0.15) is 0 Å². The highest BCUT2D eigenvalue weighted by Gasteiger charge is 2.11. The molecule has 21 heavy (non-hydrogen) atoms. The number of carbonyl (C=O) groups excluding carboxylic acids is 1. The van der Waals surface area contributed by atoms with E-state index in [1.165, 1.54) is 0 Å². The summed E-state index contributed by atoms with van der Waals surface area (Å²) in [6, 6.07) is 7.36. The average Bonchev–Trinajstić information content (AvgIpc) is 2.95. The van der Waals surface area contributed by atoms with E-state index in [0.29, 0.717) is 12.0 Å². The Morgan fingerprint density at radius 2 is 2.00 bits per heavy atom. The molecule has 0 aliphatic rings. The molecule has 1 aromatic carbocycles. The number of rotatable bonds is 8. The maximum Gasteiger partial charge on any atom is 0.170 e. The van der Waals surface area contributed by atoms with Crippen LogP contribution in [-0.2, 0) is 13.0 Å². The first kappa shape index (κ1) is 15.3. The van der Waals surface area contributed by atoms with Gasteiger partial charge in [-0.3, -0.25) is 4.79 Å². The van der Waals surface area contributed by atoms with Crippen LogP contribution in [-0.4, -0.2) is 21.9 Å². The third-order valence-corrected chi connectivity index (χ3v) is 3.40. The minimum atomic E-state index is 0.0796. The first-order valence-electron chi connectivity index (χ1n) is 7.50. The van der Waals surface area contributed by atoms with Gasteiger partial charge in [-0.05, 0) is 37.6 Å². The van der Waals surface area contributed by atoms with Crippen molar-refractivity contribution in [3.8, 4) is 5.75 Å². The normalized spacial score (nSPS) is 10.6. The number of Topliss-reactive ketones (excluding diaryl/α,β-unsaturated/α-hetero) is 1. The van der Waals surface area contributed by atoms with E-state index in [1.807, 2.05) is 42.0 Å². The molecule has 0 N–H and O–H groups in total. The number of ether oxygens (including phenoxy) is 1. The number of nitrogens with zero attached hydrogens (tertiary/aromatic N) is 2. The highest BCUT2D eigenvalue weighted by molar-refractivity contribution is 5.97. The number of ketones is 1. The van der Waals surface area contributed by atoms with Gasteiger partial charge in [0, 0.05) is 24.5 Å². The van der Waals surface area contributed by atoms with Gasteiger partial charge in [0.1, 0.15) is 11.6 Å². The second kappa shape index (κ2) is 7.62. The first-order chi connectivity index (χ1) is 10.2. The summed E-state index contributed by atoms with van der Waals surface area (Å²) in [5, 5.41) is 0. The number of aryl methyl sites for hydroxylation is 1. The predicted octanol–water partition coefficient (Wildman–Crippen LogP) is 3.51. The molecule has 0 radical (unpaired) electrons. The number of hydrogen-bond acceptors (Lipinski definition) is 3. The molecule has 0 spiro atoms. The van der Waals surface area contributed by atoms with Crippen LogP contribution >= 0.6 is 0 Å². The standard InChI is InChI=1S/C17H22N2O2/c1-3-5-12-21-15-8-6-14(7-9-15)16(20)13-17-18-10-11-19(17)4-2/h6-11H,3-5,12-13H2,1-2H3. The van der Waals surface area contributed by atoms with Crippen molar-refractivity contribution >= 4 is 5.78 Å². The summed E-state index contributed by atoms with van der Waals surface area (Å²) < 4.78 is 7.58. The topological polar surface area (TPSA) is 44.1 Å². The fraction of sp³-hybridized carbons (Fsp3) is 0.412. The van der Waals surface area contributed by atoms with E-state index in [1.54, 1.807) is 6.20 Å². The monoisotopic (exact) mass is 286 g/mol. The van der Waals surface area contributed by atoms with Gasteiger partial charge in [0.05, 0.1) is 13.0 Å². The lowest BCUT2D eigenvalue weighted by atomic mass is 10.1. The maximum atomic E-state index is 12.3. The van der Waals surface area contributed by atoms with Gasteiger partial charge in [-0.25, -0.2) is 4.98 Å². The third kappa shape index (κ3) is 4.18. The SMILES string of the molecule is CCCCOc1ccc(C(=O)Cc2nccn2CC)cc1. The predicted molar refractivity (Wildman–Crippen MR) is 82.8 cm³/mol. The second-order valence-electron chi connectivity index (χ2n) is 4.96. The van der Waals surface area contributed by atoms with Crippen LogP contribution in [0.15, 0.2) is 36.7 Å². The minimum Gasteiger partial charge on any atom is -0.494 e. The molecule has 2 rings (SSSR count). The quantitative estimate of drug-likeness (QED) is 0.551. The molecule has 112 valence electrons. The Bertz CT molecular complexity index is 573. The summed E-state index contributed by atoms with van der Waals surface area (Å²) >= 11 is 0. The fourth-order valence-corrected chi connectivity index (χ4v) is 2.11. The van der Waals surface area contributed by atoms with E-state index in [-0.39, 0.29) is 5.78 Å². The minimum absolute atomic E-state index is 0.0796. The summed E-state index contributed by atoms with van der Waals surface area (Å²) in [7, 11) is 0. The van der Waals surface area contributed by atoms with E-state index >= 15 is 0 Å². The lowest BCUT2D eigenvalue weighted by molar-refractivity contribution is 0.0989. The van der Waals surface area contributed by atoms with Gasteiger partial charge in [-0.1, -0.05) is 13.3 Å². The molecular formula is C17H22N2O2. The molecule has 0 aliphatic carbocycles. The van der Waals surface area contributed by atoms with E-state index in [0.717, 1.165) is 37.6 Å². The van der Waals surface area contributed by atoms with Crippen molar-refractivity contribution < 1.29 is 9.53 Å². The highest BCUT2D eigenvalue weighted by atomic mass is 16.5. The number of carbonyl (C=O) groups is 1. The number of aromatic nitrogens is 2. The smallest absolute Gasteiger partial charge is 0.170 e. The Morgan fingerprint density at radius 1 is 1.24 bits per heavy atom. The number of imidazole rings is 1. The zero-order valence-electron chi connectivity index (χ0n) is 12.7. The van der Waals surface area contributed by atoms with E-state index in [4.69, 9.17) is 4.74 Å². The summed E-state index contributed by atoms with van der Waals surface area (Å²) in [5.74, 6) is 1.71. The second-order valence-corrected chi connectivity index (χ2v) is 4.96. The Labute approximate surface area is 125 Å². The number of benzene rings is 1. The van der Waals surface area contributed by atoms with Crippen molar-refractivity contribution in [3.63, 3.8) is 0 Å². The van der Waals surface area contributed by atoms with Crippen molar-refractivity contribution in [3.05, 3.63) is 48.0 Å². The Morgan fingerprint density at radius 3 is 2.67 bits per heavy atom. The average molecular weight is 286 g/mol. The molecule has 1 heterocycles. The summed E-state index contributed by atoms with van der Waals surface area (Å²) in [6.45, 7) is 5.72. The van der Waals surface area contributed by atoms with Gasteiger partial charge in [0.15, 0.2) is 5.78 Å². The van der Waals surface area contributed by atoms with E-state index < -0.39 is 0 Å². The van der Waals surface area contributed by atoms with E-state index in [2.05, 4.69) is 11.9 Å². The van der Waals surface area contributed by atoms with Crippen LogP contribution in [0.1, 0.15) is 42.9 Å². The molecule has 0 saturated heterocycles. The van der Waals surface area contributed by atoms with Gasteiger partial charge in [0.25, 0.3) is 0 Å². The first-order valence-corrected chi connectivity index (χ1v) is 7.50. The zero-order chi connectivity index (χ0) is 15.1. The Hall–Kier alpha value is -2.10. The molecular weight excluding hydrogens is 264 g/mol. The van der Waals surface area contributed by atoms with Crippen LogP contribution in [0.4, 0.5) is 0 Å². The molecule has 0 atom stereocenters. The Balaban J connectivity index is 1.96. The zero-order valence-corrected chi connectivity index (χ0v) is 12.7. The molecule has 0 fully saturated rings. The van der Waals surface area contributed by atoms with Crippen molar-refractivity contribution in [1.29, 1.82) is 0 Å². The fourth-order valence-electron chi connectivity index (χ4n) is 2.11. The molecule has 2 aromatic rings. The van der Waals surface area contributed by atoms with Gasteiger partial charge < -0.3 is 9.30 Å². The van der Waals surface area contributed by atoms with Crippen molar-refractivity contribution in [1.82, 2.24) is 9.55 Å². The van der Waals surface area contributed by atoms with Gasteiger partial charge in [0.2, 0.25) is 0 Å². The largest absolute Gasteiger partial charge is 0.494 e. The molecule has 0 amide bonds. The van der Waals surface area contributed by atoms with E-state index in [9.17, 15) is 4.79 Å². The lowest BCUT2D eigenvalue weighted by Gasteiger charge is -2.07. The molecule has 0 saturated carbocycles. The van der Waals surface area contributed by atoms with Crippen molar-refractivity contribution in [2.45, 2.75) is 39.7 Å². The number of unbranched alkanes of at least 4 members (excludes halogenated alkanes) is 1. The molecule has 1 aromatic heterocycles. The van der Waals surface area contributed by atoms with Crippen molar-refractivity contribution in [2.24, 2.45) is 0 Å². The number of hydrogen-bond donors (Lipinski definition) is 0. The Kier molecular flexibility index (Phi) is 5.55. The van der Waals surface area contributed by atoms with Crippen molar-refractivity contribution in [2.75, 3.05) is 6.61 Å². The van der Waals surface area contributed by atoms with Gasteiger partial charge >= 0.3 is 0 Å². The summed E-state index contributed by atoms with van der Waals surface area (Å²) in [4.78, 5) is 16.5. The van der Waals surface area contributed by atoms with Crippen LogP contribution in [0.5, 0.6) is 5.75 Å². The summed E-state index contributed by atoms with van der Waals surface area (Å²) in [5.41, 5.74) is 0.698. The molecule has 0 aliphatic heterocycles. The van der Waals surface area contributed by atoms with Crippen LogP contribution in [0.3, 0.4) is 0 Å². The van der Waals surface area contributed by atoms with Crippen LogP contribution in [0.2, 0.25) is 0 Å². The molecule has 4 heteroatoms. The highest BCUT2D eigenvalue weighted by Crippen LogP contribution is 2.14. The van der Waals surface area contributed by atoms with Crippen LogP contribution in [0.25, 0.3) is 0 Å². The molecule has 4 nitrogen and oxygen atoms in total. The molecule has 0 unspecified atom stereocenters. The summed E-state index contributed by atoms with van der Waals surface area (Å²) in [6.07, 6.45) is 6.11. The lowest BCUT2D eigenvalue weighted by Crippen LogP contribution is -2.09. The van der Waals surface area contributed by atoms with Gasteiger partial charge in [-0.15, -0.1) is 0 Å². The van der Waals surface area contributed by atoms with Crippen LogP contribution in [0, 0.1) is 0 Å². The maximum absolute atomic E-state index is 12.3.